The third-order valence-electron chi connectivity index (χ3n) is 12.2. The van der Waals surface area contributed by atoms with Crippen LogP contribution >= 0.6 is 0 Å². The van der Waals surface area contributed by atoms with E-state index in [0.29, 0.717) is 25.7 Å². The maximum Gasteiger partial charge on any atom is -1.00 e. The molecule has 0 amide bonds. The second-order valence-corrected chi connectivity index (χ2v) is 20.0. The van der Waals surface area contributed by atoms with E-state index in [1.807, 2.05) is 0 Å². The molecule has 0 heterocycles. The van der Waals surface area contributed by atoms with Gasteiger partial charge in [0.2, 0.25) is 0 Å². The normalized spacial score (nSPS) is 13.5. The fraction of sp³-hybridized carbons (Fsp3) is 0.288. The number of allylic oxidation sites excluding steroid dienone is 4. The van der Waals surface area contributed by atoms with E-state index in [1.54, 1.807) is 0 Å². The molecule has 0 aromatic heterocycles. The molecule has 0 fully saturated rings. The van der Waals surface area contributed by atoms with Gasteiger partial charge in [-0.3, -0.25) is 6.08 Å². The first-order chi connectivity index (χ1) is 30.9. The second-order valence-electron chi connectivity index (χ2n) is 18.8. The van der Waals surface area contributed by atoms with Gasteiger partial charge in [0.15, 0.2) is 0 Å². The van der Waals surface area contributed by atoms with Gasteiger partial charge in [0, 0.05) is 0 Å². The van der Waals surface area contributed by atoms with Crippen LogP contribution in [0, 0.1) is 59.0 Å². The molecule has 1 atom stereocenters. The van der Waals surface area contributed by atoms with Crippen molar-refractivity contribution in [3.8, 4) is 22.3 Å². The van der Waals surface area contributed by atoms with E-state index in [4.69, 9.17) is 0 Å². The average Bonchev–Trinajstić information content (AvgIpc) is 3.87. The standard InChI is InChI=1S/C31H29.C15H8F6.C13H21.2ClH.Zr/c1-18-11-20(3)30(21(4)12-18)24-7-9-28-26(15-24)17-27-16-25(8-10-29(27)28)31-22(5)13-19(2)14-23(31)6;16-14(17,18)12-5-1-10(2-6-12)9-11-3-7-13(8-4-11)15(19,20)21;1-5-6-7-11-8-9-12(10-11)13(2,3)4;;;/h7-17H,1-6H3;1-8H;9-11H,5-7H2,1-4H3;2*1H;/q-1;;-1;;;+2/p-2. The molecule has 9 heteroatoms. The first-order valence-electron chi connectivity index (χ1n) is 22.5. The van der Waals surface area contributed by atoms with Crippen LogP contribution in [0.5, 0.6) is 0 Å². The van der Waals surface area contributed by atoms with Gasteiger partial charge in [-0.15, -0.1) is 39.7 Å². The Hall–Kier alpha value is -4.42. The number of hydrogen-bond donors (Lipinski definition) is 0. The van der Waals surface area contributed by atoms with Crippen molar-refractivity contribution >= 4 is 24.8 Å². The van der Waals surface area contributed by atoms with Crippen molar-refractivity contribution in [1.82, 2.24) is 0 Å². The fourth-order valence-electron chi connectivity index (χ4n) is 8.99. The van der Waals surface area contributed by atoms with Gasteiger partial charge in [-0.25, -0.2) is 6.08 Å². The molecule has 1 unspecified atom stereocenters. The van der Waals surface area contributed by atoms with Crippen LogP contribution < -0.4 is 24.8 Å². The molecule has 8 rings (SSSR count). The zero-order valence-electron chi connectivity index (χ0n) is 40.3. The topological polar surface area (TPSA) is 0 Å². The molecule has 356 valence electrons. The van der Waals surface area contributed by atoms with Crippen molar-refractivity contribution in [3.63, 3.8) is 0 Å². The van der Waals surface area contributed by atoms with Crippen molar-refractivity contribution in [1.29, 1.82) is 0 Å². The number of fused-ring (bicyclic) bond motifs is 3. The van der Waals surface area contributed by atoms with Gasteiger partial charge in [0.05, 0.1) is 0 Å². The van der Waals surface area contributed by atoms with Gasteiger partial charge in [0.25, 0.3) is 0 Å². The van der Waals surface area contributed by atoms with Crippen LogP contribution in [-0.2, 0) is 36.6 Å². The van der Waals surface area contributed by atoms with Crippen molar-refractivity contribution in [2.24, 2.45) is 11.3 Å². The quantitative estimate of drug-likeness (QED) is 0.110. The molecule has 68 heavy (non-hydrogen) atoms. The largest absolute Gasteiger partial charge is 1.00 e. The zero-order chi connectivity index (χ0) is 48.3. The average molecular weight is 1040 g/mol. The summed E-state index contributed by atoms with van der Waals surface area (Å²) in [6, 6.07) is 34.5. The van der Waals surface area contributed by atoms with Crippen LogP contribution in [0.2, 0.25) is 0 Å². The minimum absolute atomic E-state index is 0. The van der Waals surface area contributed by atoms with Gasteiger partial charge < -0.3 is 24.8 Å². The molecule has 0 aliphatic heterocycles. The Labute approximate surface area is 426 Å². The Morgan fingerprint density at radius 1 is 0.574 bits per heavy atom. The summed E-state index contributed by atoms with van der Waals surface area (Å²) in [6.45, 7) is 22.3. The van der Waals surface area contributed by atoms with Crippen molar-refractivity contribution in [2.45, 2.75) is 101 Å². The summed E-state index contributed by atoms with van der Waals surface area (Å²) in [7, 11) is 0. The number of hydrogen-bond acceptors (Lipinski definition) is 0. The van der Waals surface area contributed by atoms with Crippen molar-refractivity contribution < 1.29 is 75.4 Å². The Morgan fingerprint density at radius 3 is 1.28 bits per heavy atom. The maximum absolute atomic E-state index is 12.5. The van der Waals surface area contributed by atoms with Gasteiger partial charge in [-0.2, -0.15) is 11.6 Å². The van der Waals surface area contributed by atoms with Gasteiger partial charge in [0.1, 0.15) is 0 Å². The molecule has 7 aromatic carbocycles. The molecular formula is C59H58Cl2F6Zr-2. The minimum Gasteiger partial charge on any atom is -1.00 e. The number of aryl methyl sites for hydroxylation is 6. The van der Waals surface area contributed by atoms with Crippen LogP contribution in [0.1, 0.15) is 103 Å². The SMILES string of the molecule is CCCCC1[C-]=CC(C(C)(C)C)=C1.Cc1cc(C)c(-c2ccc3c(c2)[cH-]c2cc(-c4c(C)cc(C)cc4C)ccc23)c(C)c1.FC(F)(F)c1ccc([C](=[Zr+2])c2ccc(C(F)(F)F)cc2)cc1.[Cl-].[Cl-]. The molecule has 0 spiro atoms. The van der Waals surface area contributed by atoms with Gasteiger partial charge in [-0.1, -0.05) is 129 Å². The molecular weight excluding hydrogens is 985 g/mol. The molecule has 7 aromatic rings. The summed E-state index contributed by atoms with van der Waals surface area (Å²) in [6.07, 6.45) is 3.06. The van der Waals surface area contributed by atoms with E-state index in [1.165, 1.54) is 126 Å². The Kier molecular flexibility index (Phi) is 19.0. The van der Waals surface area contributed by atoms with Gasteiger partial charge >= 0.3 is 137 Å². The van der Waals surface area contributed by atoms with Crippen LogP contribution in [0.25, 0.3) is 43.8 Å². The summed E-state index contributed by atoms with van der Waals surface area (Å²) in [5, 5.41) is 5.32. The predicted octanol–water partition coefficient (Wildman–Crippen LogP) is 11.9. The Morgan fingerprint density at radius 2 is 0.956 bits per heavy atom. The Bertz CT molecular complexity index is 2710. The van der Waals surface area contributed by atoms with E-state index in [9.17, 15) is 26.3 Å². The fourth-order valence-corrected chi connectivity index (χ4v) is 9.81. The molecule has 1 aliphatic rings. The summed E-state index contributed by atoms with van der Waals surface area (Å²) >= 11 is 0.898. The summed E-state index contributed by atoms with van der Waals surface area (Å²) in [4.78, 5) is 0. The first-order valence-corrected chi connectivity index (χ1v) is 23.7. The van der Waals surface area contributed by atoms with E-state index in [0.717, 1.165) is 48.5 Å². The Balaban J connectivity index is 0.000000239. The van der Waals surface area contributed by atoms with E-state index in [2.05, 4.69) is 154 Å². The van der Waals surface area contributed by atoms with Crippen LogP contribution in [0.3, 0.4) is 0 Å². The number of unbranched alkanes of at least 4 members (excludes halogenated alkanes) is 1. The van der Waals surface area contributed by atoms with Crippen molar-refractivity contribution in [2.75, 3.05) is 0 Å². The number of halogens is 8. The minimum atomic E-state index is -4.41. The number of benzene rings is 6. The van der Waals surface area contributed by atoms with E-state index < -0.39 is 23.5 Å². The van der Waals surface area contributed by atoms with E-state index in [-0.39, 0.29) is 24.8 Å². The molecule has 0 nitrogen and oxygen atoms in total. The summed E-state index contributed by atoms with van der Waals surface area (Å²) < 4.78 is 75.6. The molecule has 0 bridgehead atoms. The van der Waals surface area contributed by atoms with Crippen LogP contribution in [0.4, 0.5) is 26.3 Å². The van der Waals surface area contributed by atoms with E-state index >= 15 is 0 Å². The molecule has 0 saturated carbocycles. The maximum atomic E-state index is 12.5. The van der Waals surface area contributed by atoms with Crippen LogP contribution in [-0.4, -0.2) is 3.21 Å². The zero-order valence-corrected chi connectivity index (χ0v) is 44.3. The molecule has 1 aliphatic carbocycles. The third kappa shape index (κ3) is 13.7. The number of rotatable bonds is 7. The molecule has 0 radical (unpaired) electrons. The van der Waals surface area contributed by atoms with Crippen molar-refractivity contribution in [3.05, 3.63) is 195 Å². The summed E-state index contributed by atoms with van der Waals surface area (Å²) in [5.74, 6) is 0.592. The smallest absolute Gasteiger partial charge is 1.00 e. The summed E-state index contributed by atoms with van der Waals surface area (Å²) in [5.41, 5.74) is 14.8. The van der Waals surface area contributed by atoms with Crippen LogP contribution in [0.15, 0.2) is 133 Å². The second kappa shape index (κ2) is 23.0. The van der Waals surface area contributed by atoms with Gasteiger partial charge in [-0.05, 0) is 74.9 Å². The monoisotopic (exact) mass is 1040 g/mol. The third-order valence-corrected chi connectivity index (χ3v) is 13.6. The first kappa shape index (κ1) is 56.2. The number of alkyl halides is 6. The molecule has 0 saturated heterocycles. The predicted molar refractivity (Wildman–Crippen MR) is 261 cm³/mol. The molecule has 0 N–H and O–H groups in total.